The van der Waals surface area contributed by atoms with E-state index >= 15 is 0 Å². The third-order valence-corrected chi connectivity index (χ3v) is 4.10. The van der Waals surface area contributed by atoms with E-state index in [9.17, 15) is 23.1 Å². The smallest absolute Gasteiger partial charge is 0.410 e. The second-order valence-electron chi connectivity index (χ2n) is 7.76. The molecule has 1 heterocycles. The highest BCUT2D eigenvalue weighted by atomic mass is 19.3. The van der Waals surface area contributed by atoms with Gasteiger partial charge in [0.15, 0.2) is 11.5 Å². The number of benzene rings is 1. The molecule has 0 aliphatic rings. The predicted molar refractivity (Wildman–Crippen MR) is 104 cm³/mol. The number of rotatable bonds is 6. The molecule has 2 rings (SSSR count). The lowest BCUT2D eigenvalue weighted by Gasteiger charge is -2.26. The van der Waals surface area contributed by atoms with E-state index in [-0.39, 0.29) is 23.6 Å². The fourth-order valence-electron chi connectivity index (χ4n) is 2.67. The molecular formula is C21H25F3N2O4. The molecule has 1 N–H and O–H groups in total. The molecule has 1 amide bonds. The monoisotopic (exact) mass is 426 g/mol. The Hall–Kier alpha value is -2.81. The van der Waals surface area contributed by atoms with E-state index in [4.69, 9.17) is 9.47 Å². The van der Waals surface area contributed by atoms with Crippen molar-refractivity contribution >= 4 is 6.09 Å². The number of pyridine rings is 1. The molecule has 2 aromatic rings. The Balaban J connectivity index is 2.34. The van der Waals surface area contributed by atoms with Crippen molar-refractivity contribution in [2.75, 3.05) is 14.2 Å². The lowest BCUT2D eigenvalue weighted by Crippen LogP contribution is -2.34. The fourth-order valence-corrected chi connectivity index (χ4v) is 2.67. The maximum atomic E-state index is 14.8. The van der Waals surface area contributed by atoms with Gasteiger partial charge in [0.05, 0.1) is 13.7 Å². The molecule has 0 saturated carbocycles. The van der Waals surface area contributed by atoms with Crippen LogP contribution in [0.2, 0.25) is 0 Å². The standard InChI is InChI=1S/C21H25F3N2O4/c1-20(2,3)30-19(28)26(4)12-14-11-15(22)16(25-18(14)29-5)21(23,24)17(27)13-9-7-6-8-10-13/h6-11,17,27H,12H2,1-5H3. The van der Waals surface area contributed by atoms with Crippen LogP contribution in [0.3, 0.4) is 0 Å². The van der Waals surface area contributed by atoms with E-state index in [0.29, 0.717) is 0 Å². The topological polar surface area (TPSA) is 71.9 Å². The number of aliphatic hydroxyl groups is 1. The molecular weight excluding hydrogens is 401 g/mol. The van der Waals surface area contributed by atoms with Crippen molar-refractivity contribution in [1.29, 1.82) is 0 Å². The molecule has 9 heteroatoms. The molecule has 0 spiro atoms. The number of carbonyl (C=O) groups excluding carboxylic acids is 1. The van der Waals surface area contributed by atoms with Crippen LogP contribution in [0, 0.1) is 5.82 Å². The lowest BCUT2D eigenvalue weighted by molar-refractivity contribution is -0.123. The van der Waals surface area contributed by atoms with Gasteiger partial charge in [0.1, 0.15) is 11.7 Å². The number of hydrogen-bond donors (Lipinski definition) is 1. The van der Waals surface area contributed by atoms with Gasteiger partial charge >= 0.3 is 12.0 Å². The summed E-state index contributed by atoms with van der Waals surface area (Å²) in [6.45, 7) is 4.88. The number of carbonyl (C=O) groups is 1. The van der Waals surface area contributed by atoms with Gasteiger partial charge in [0, 0.05) is 12.6 Å². The van der Waals surface area contributed by atoms with Crippen LogP contribution in [0.5, 0.6) is 5.88 Å². The van der Waals surface area contributed by atoms with Crippen molar-refractivity contribution in [3.63, 3.8) is 0 Å². The third-order valence-electron chi connectivity index (χ3n) is 4.10. The highest BCUT2D eigenvalue weighted by molar-refractivity contribution is 5.67. The zero-order valence-electron chi connectivity index (χ0n) is 17.4. The van der Waals surface area contributed by atoms with Crippen molar-refractivity contribution in [1.82, 2.24) is 9.88 Å². The first kappa shape index (κ1) is 23.5. The normalized spacial score (nSPS) is 13.0. The minimum Gasteiger partial charge on any atom is -0.481 e. The van der Waals surface area contributed by atoms with Crippen LogP contribution in [0.4, 0.5) is 18.0 Å². The quantitative estimate of drug-likeness (QED) is 0.740. The maximum absolute atomic E-state index is 14.8. The molecule has 164 valence electrons. The van der Waals surface area contributed by atoms with Crippen LogP contribution in [0.1, 0.15) is 43.7 Å². The summed E-state index contributed by atoms with van der Waals surface area (Å²) < 4.78 is 54.5. The van der Waals surface area contributed by atoms with Crippen LogP contribution in [0.25, 0.3) is 0 Å². The summed E-state index contributed by atoms with van der Waals surface area (Å²) in [6, 6.07) is 7.98. The average Bonchev–Trinajstić information content (AvgIpc) is 2.66. The second kappa shape index (κ2) is 8.91. The summed E-state index contributed by atoms with van der Waals surface area (Å²) in [5, 5.41) is 10.1. The van der Waals surface area contributed by atoms with Crippen molar-refractivity contribution in [2.24, 2.45) is 0 Å². The second-order valence-corrected chi connectivity index (χ2v) is 7.76. The number of ether oxygens (including phenoxy) is 2. The van der Waals surface area contributed by atoms with Crippen molar-refractivity contribution in [3.05, 3.63) is 59.0 Å². The van der Waals surface area contributed by atoms with Crippen LogP contribution in [0.15, 0.2) is 36.4 Å². The first-order chi connectivity index (χ1) is 13.9. The van der Waals surface area contributed by atoms with Gasteiger partial charge in [0.2, 0.25) is 5.88 Å². The zero-order valence-corrected chi connectivity index (χ0v) is 17.4. The molecule has 6 nitrogen and oxygen atoms in total. The summed E-state index contributed by atoms with van der Waals surface area (Å²) in [4.78, 5) is 16.9. The number of aliphatic hydroxyl groups excluding tert-OH is 1. The molecule has 0 fully saturated rings. The third kappa shape index (κ3) is 5.41. The van der Waals surface area contributed by atoms with Crippen molar-refractivity contribution in [2.45, 2.75) is 44.9 Å². The maximum Gasteiger partial charge on any atom is 0.410 e. The zero-order chi connectivity index (χ0) is 22.7. The first-order valence-electron chi connectivity index (χ1n) is 9.15. The van der Waals surface area contributed by atoms with Crippen molar-refractivity contribution < 1.29 is 32.5 Å². The first-order valence-corrected chi connectivity index (χ1v) is 9.15. The summed E-state index contributed by atoms with van der Waals surface area (Å²) >= 11 is 0. The Morgan fingerprint density at radius 2 is 1.83 bits per heavy atom. The minimum absolute atomic E-state index is 0.0668. The van der Waals surface area contributed by atoms with Gasteiger partial charge < -0.3 is 19.5 Å². The summed E-state index contributed by atoms with van der Waals surface area (Å²) in [7, 11) is 2.60. The molecule has 1 aromatic carbocycles. The minimum atomic E-state index is -4.02. The van der Waals surface area contributed by atoms with E-state index < -0.39 is 35.2 Å². The summed E-state index contributed by atoms with van der Waals surface area (Å²) in [6.07, 6.45) is -2.99. The Labute approximate surface area is 173 Å². The SMILES string of the molecule is COc1nc(C(F)(F)C(O)c2ccccc2)c(F)cc1CN(C)C(=O)OC(C)(C)C. The van der Waals surface area contributed by atoms with Gasteiger partial charge in [-0.25, -0.2) is 14.2 Å². The van der Waals surface area contributed by atoms with Gasteiger partial charge in [-0.2, -0.15) is 8.78 Å². The Morgan fingerprint density at radius 3 is 2.37 bits per heavy atom. The molecule has 0 saturated heterocycles. The van der Waals surface area contributed by atoms with Gasteiger partial charge in [0.25, 0.3) is 0 Å². The van der Waals surface area contributed by atoms with Gasteiger partial charge in [-0.15, -0.1) is 0 Å². The Bertz CT molecular complexity index is 886. The molecule has 0 aliphatic heterocycles. The van der Waals surface area contributed by atoms with Crippen molar-refractivity contribution in [3.8, 4) is 5.88 Å². The Kier molecular flexibility index (Phi) is 6.97. The Morgan fingerprint density at radius 1 is 1.23 bits per heavy atom. The van der Waals surface area contributed by atoms with Gasteiger partial charge in [-0.1, -0.05) is 30.3 Å². The highest BCUT2D eigenvalue weighted by Gasteiger charge is 2.45. The predicted octanol–water partition coefficient (Wildman–Crippen LogP) is 4.42. The van der Waals surface area contributed by atoms with E-state index in [1.807, 2.05) is 0 Å². The molecule has 0 radical (unpaired) electrons. The van der Waals surface area contributed by atoms with Gasteiger partial charge in [-0.3, -0.25) is 0 Å². The number of methoxy groups -OCH3 is 1. The number of nitrogens with zero attached hydrogens (tertiary/aromatic N) is 2. The lowest BCUT2D eigenvalue weighted by atomic mass is 10.00. The van der Waals surface area contributed by atoms with E-state index in [1.54, 1.807) is 26.8 Å². The van der Waals surface area contributed by atoms with Crippen LogP contribution in [-0.4, -0.2) is 40.8 Å². The number of halogens is 3. The van der Waals surface area contributed by atoms with Crippen LogP contribution < -0.4 is 4.74 Å². The fraction of sp³-hybridized carbons (Fsp3) is 0.429. The molecule has 1 atom stereocenters. The number of alkyl halides is 2. The molecule has 1 aromatic heterocycles. The van der Waals surface area contributed by atoms with E-state index in [0.717, 1.165) is 11.0 Å². The molecule has 1 unspecified atom stereocenters. The van der Waals surface area contributed by atoms with E-state index in [1.165, 1.54) is 38.4 Å². The van der Waals surface area contributed by atoms with Crippen LogP contribution >= 0.6 is 0 Å². The van der Waals surface area contributed by atoms with Crippen LogP contribution in [-0.2, 0) is 17.2 Å². The van der Waals surface area contributed by atoms with Gasteiger partial charge in [-0.05, 0) is 32.4 Å². The number of hydrogen-bond acceptors (Lipinski definition) is 5. The molecule has 30 heavy (non-hydrogen) atoms. The molecule has 0 aliphatic carbocycles. The molecule has 0 bridgehead atoms. The number of aromatic nitrogens is 1. The summed E-state index contributed by atoms with van der Waals surface area (Å²) in [5.41, 5.74) is -2.01. The largest absolute Gasteiger partial charge is 0.481 e. The highest BCUT2D eigenvalue weighted by Crippen LogP contribution is 2.41. The van der Waals surface area contributed by atoms with E-state index in [2.05, 4.69) is 4.98 Å². The average molecular weight is 426 g/mol. The summed E-state index contributed by atoms with van der Waals surface area (Å²) in [5.74, 6) is -5.64. The number of amides is 1.